The van der Waals surface area contributed by atoms with Gasteiger partial charge in [0.15, 0.2) is 0 Å². The predicted octanol–water partition coefficient (Wildman–Crippen LogP) is 2.36. The highest BCUT2D eigenvalue weighted by Crippen LogP contribution is 2.20. The highest BCUT2D eigenvalue weighted by Gasteiger charge is 2.21. The Balaban J connectivity index is 1.92. The first-order valence-electron chi connectivity index (χ1n) is 7.58. The Bertz CT molecular complexity index is 527. The van der Waals surface area contributed by atoms with Crippen molar-refractivity contribution in [2.45, 2.75) is 25.8 Å². The van der Waals surface area contributed by atoms with Crippen LogP contribution in [0, 0.1) is 11.7 Å². The third-order valence-electron chi connectivity index (χ3n) is 4.04. The third kappa shape index (κ3) is 4.41. The van der Waals surface area contributed by atoms with Gasteiger partial charge in [-0.05, 0) is 36.5 Å². The molecule has 1 amide bonds. The quantitative estimate of drug-likeness (QED) is 0.872. The first kappa shape index (κ1) is 17.2. The Morgan fingerprint density at radius 2 is 2.36 bits per heavy atom. The van der Waals surface area contributed by atoms with Crippen LogP contribution >= 0.6 is 11.6 Å². The van der Waals surface area contributed by atoms with Crippen molar-refractivity contribution >= 4 is 17.5 Å². The van der Waals surface area contributed by atoms with Crippen LogP contribution in [-0.2, 0) is 4.79 Å². The van der Waals surface area contributed by atoms with Gasteiger partial charge in [0.25, 0.3) is 0 Å². The van der Waals surface area contributed by atoms with E-state index in [1.54, 1.807) is 6.07 Å². The summed E-state index contributed by atoms with van der Waals surface area (Å²) in [5, 5.41) is 12.5. The van der Waals surface area contributed by atoms with E-state index in [0.717, 1.165) is 25.9 Å². The molecule has 22 heavy (non-hydrogen) atoms. The molecule has 1 heterocycles. The first-order valence-corrected chi connectivity index (χ1v) is 7.96. The summed E-state index contributed by atoms with van der Waals surface area (Å²) in [5.41, 5.74) is 0.573. The van der Waals surface area contributed by atoms with E-state index in [4.69, 9.17) is 11.6 Å². The maximum atomic E-state index is 13.5. The lowest BCUT2D eigenvalue weighted by molar-refractivity contribution is -0.132. The van der Waals surface area contributed by atoms with Crippen LogP contribution in [0.25, 0.3) is 0 Å². The van der Waals surface area contributed by atoms with E-state index in [0.29, 0.717) is 11.5 Å². The van der Waals surface area contributed by atoms with E-state index >= 15 is 0 Å². The summed E-state index contributed by atoms with van der Waals surface area (Å²) >= 11 is 5.65. The molecule has 6 heteroatoms. The molecular weight excluding hydrogens is 307 g/mol. The van der Waals surface area contributed by atoms with Gasteiger partial charge >= 0.3 is 0 Å². The normalized spacial score (nSPS) is 20.0. The number of hydrogen-bond donors (Lipinski definition) is 2. The Hall–Kier alpha value is -1.17. The second-order valence-electron chi connectivity index (χ2n) is 5.88. The molecule has 2 atom stereocenters. The molecule has 2 N–H and O–H groups in total. The zero-order valence-corrected chi connectivity index (χ0v) is 13.4. The molecule has 0 radical (unpaired) electrons. The van der Waals surface area contributed by atoms with Crippen molar-refractivity contribution in [1.29, 1.82) is 0 Å². The number of aliphatic hydroxyl groups is 1. The summed E-state index contributed by atoms with van der Waals surface area (Å²) in [4.78, 5) is 14.0. The van der Waals surface area contributed by atoms with Crippen LogP contribution in [0.4, 0.5) is 4.39 Å². The van der Waals surface area contributed by atoms with Gasteiger partial charge in [-0.1, -0.05) is 24.6 Å². The van der Waals surface area contributed by atoms with Crippen molar-refractivity contribution in [3.05, 3.63) is 34.6 Å². The van der Waals surface area contributed by atoms with Crippen molar-refractivity contribution < 1.29 is 14.3 Å². The Morgan fingerprint density at radius 3 is 3.00 bits per heavy atom. The van der Waals surface area contributed by atoms with Crippen molar-refractivity contribution in [2.24, 2.45) is 5.92 Å². The van der Waals surface area contributed by atoms with Crippen LogP contribution in [0.5, 0.6) is 0 Å². The van der Waals surface area contributed by atoms with Gasteiger partial charge in [-0.25, -0.2) is 4.39 Å². The van der Waals surface area contributed by atoms with Gasteiger partial charge in [0.1, 0.15) is 5.82 Å². The molecule has 0 spiro atoms. The molecule has 0 unspecified atom stereocenters. The van der Waals surface area contributed by atoms with E-state index in [9.17, 15) is 14.3 Å². The summed E-state index contributed by atoms with van der Waals surface area (Å²) in [5.74, 6) is 0.00624. The molecule has 0 aliphatic carbocycles. The lowest BCUT2D eigenvalue weighted by atomic mass is 10.0. The molecule has 2 rings (SSSR count). The topological polar surface area (TPSA) is 52.6 Å². The maximum Gasteiger partial charge on any atom is 0.236 e. The van der Waals surface area contributed by atoms with E-state index in [2.05, 4.69) is 12.2 Å². The van der Waals surface area contributed by atoms with E-state index in [1.807, 2.05) is 4.90 Å². The fraction of sp³-hybridized carbons (Fsp3) is 0.562. The summed E-state index contributed by atoms with van der Waals surface area (Å²) in [6, 6.07) is 3.89. The Morgan fingerprint density at radius 1 is 1.59 bits per heavy atom. The third-order valence-corrected chi connectivity index (χ3v) is 4.34. The second-order valence-corrected chi connectivity index (χ2v) is 6.28. The minimum Gasteiger partial charge on any atom is -0.394 e. The van der Waals surface area contributed by atoms with Crippen molar-refractivity contribution in [2.75, 3.05) is 26.2 Å². The van der Waals surface area contributed by atoms with E-state index in [-0.39, 0.29) is 24.1 Å². The van der Waals surface area contributed by atoms with Crippen LogP contribution in [0.1, 0.15) is 31.4 Å². The minimum atomic E-state index is -0.532. The van der Waals surface area contributed by atoms with E-state index in [1.165, 1.54) is 12.1 Å². The van der Waals surface area contributed by atoms with Crippen molar-refractivity contribution in [3.8, 4) is 0 Å². The smallest absolute Gasteiger partial charge is 0.236 e. The molecule has 1 saturated heterocycles. The summed E-state index contributed by atoms with van der Waals surface area (Å²) < 4.78 is 13.5. The number of carbonyl (C=O) groups excluding carboxylic acids is 1. The SMILES string of the molecule is C[C@@H]1CCCN(C(=O)CN[C@@H](CO)c2ccc(Cl)c(F)c2)C1. The first-order chi connectivity index (χ1) is 10.5. The standard InChI is InChI=1S/C16H22ClFN2O2/c1-11-3-2-6-20(9-11)16(22)8-19-15(10-21)12-4-5-13(17)14(18)7-12/h4-5,7,11,15,19,21H,2-3,6,8-10H2,1H3/t11-,15+/m1/s1. The van der Waals surface area contributed by atoms with Crippen LogP contribution in [-0.4, -0.2) is 42.2 Å². The zero-order valence-electron chi connectivity index (χ0n) is 12.7. The van der Waals surface area contributed by atoms with Gasteiger partial charge < -0.3 is 10.0 Å². The molecule has 1 aromatic rings. The number of rotatable bonds is 5. The number of aliphatic hydroxyl groups excluding tert-OH is 1. The summed E-state index contributed by atoms with van der Waals surface area (Å²) in [7, 11) is 0. The largest absolute Gasteiger partial charge is 0.394 e. The predicted molar refractivity (Wildman–Crippen MR) is 84.2 cm³/mol. The molecule has 122 valence electrons. The van der Waals surface area contributed by atoms with E-state index < -0.39 is 11.9 Å². The molecule has 1 aliphatic rings. The molecule has 0 saturated carbocycles. The molecule has 1 aliphatic heterocycles. The summed E-state index contributed by atoms with van der Waals surface area (Å²) in [6.07, 6.45) is 2.18. The zero-order chi connectivity index (χ0) is 16.1. The average Bonchev–Trinajstić information content (AvgIpc) is 2.51. The fourth-order valence-electron chi connectivity index (χ4n) is 2.76. The monoisotopic (exact) mass is 328 g/mol. The molecule has 0 bridgehead atoms. The summed E-state index contributed by atoms with van der Waals surface area (Å²) in [6.45, 7) is 3.61. The molecule has 1 aromatic carbocycles. The molecule has 4 nitrogen and oxygen atoms in total. The van der Waals surface area contributed by atoms with Gasteiger partial charge in [0.05, 0.1) is 24.2 Å². The number of nitrogens with one attached hydrogen (secondary N) is 1. The Labute approximate surface area is 135 Å². The molecule has 1 fully saturated rings. The van der Waals surface area contributed by atoms with Crippen LogP contribution in [0.3, 0.4) is 0 Å². The van der Waals surface area contributed by atoms with Crippen LogP contribution < -0.4 is 5.32 Å². The molecular formula is C16H22ClFN2O2. The van der Waals surface area contributed by atoms with Gasteiger partial charge in [-0.2, -0.15) is 0 Å². The maximum absolute atomic E-state index is 13.5. The van der Waals surface area contributed by atoms with Crippen molar-refractivity contribution in [1.82, 2.24) is 10.2 Å². The van der Waals surface area contributed by atoms with Gasteiger partial charge in [-0.15, -0.1) is 0 Å². The second kappa shape index (κ2) is 7.90. The number of benzene rings is 1. The molecule has 0 aromatic heterocycles. The number of hydrogen-bond acceptors (Lipinski definition) is 3. The minimum absolute atomic E-state index is 0.0134. The van der Waals surface area contributed by atoms with Gasteiger partial charge in [0.2, 0.25) is 5.91 Å². The lowest BCUT2D eigenvalue weighted by Gasteiger charge is -2.31. The average molecular weight is 329 g/mol. The van der Waals surface area contributed by atoms with Gasteiger partial charge in [-0.3, -0.25) is 10.1 Å². The number of nitrogens with zero attached hydrogens (tertiary/aromatic N) is 1. The van der Waals surface area contributed by atoms with Gasteiger partial charge in [0, 0.05) is 13.1 Å². The number of amides is 1. The van der Waals surface area contributed by atoms with Crippen LogP contribution in [0.15, 0.2) is 18.2 Å². The lowest BCUT2D eigenvalue weighted by Crippen LogP contribution is -2.44. The number of halogens is 2. The highest BCUT2D eigenvalue weighted by atomic mass is 35.5. The van der Waals surface area contributed by atoms with Crippen LogP contribution in [0.2, 0.25) is 5.02 Å². The Kier molecular flexibility index (Phi) is 6.17. The fourth-order valence-corrected chi connectivity index (χ4v) is 2.87. The number of likely N-dealkylation sites (tertiary alicyclic amines) is 1. The van der Waals surface area contributed by atoms with Crippen molar-refractivity contribution in [3.63, 3.8) is 0 Å². The number of carbonyl (C=O) groups is 1. The highest BCUT2D eigenvalue weighted by molar-refractivity contribution is 6.30. The number of piperidine rings is 1.